The van der Waals surface area contributed by atoms with Crippen LogP contribution in [-0.2, 0) is 22.3 Å². The lowest BCUT2D eigenvalue weighted by Gasteiger charge is -2.34. The number of fused-ring (bicyclic) bond motifs is 1. The van der Waals surface area contributed by atoms with Crippen LogP contribution in [0.5, 0.6) is 0 Å². The molecule has 0 unspecified atom stereocenters. The van der Waals surface area contributed by atoms with Crippen molar-refractivity contribution in [1.82, 2.24) is 14.8 Å². The van der Waals surface area contributed by atoms with Gasteiger partial charge in [0.15, 0.2) is 5.58 Å². The number of nitro benzene ring substituents is 1. The molecule has 41 heavy (non-hydrogen) atoms. The smallest absolute Gasteiger partial charge is 0.423 e. The molecule has 2 aliphatic rings. The summed E-state index contributed by atoms with van der Waals surface area (Å²) in [6, 6.07) is 8.77. The molecular weight excluding hydrogens is 543 g/mol. The molecule has 220 valence electrons. The summed E-state index contributed by atoms with van der Waals surface area (Å²) >= 11 is 0. The van der Waals surface area contributed by atoms with Crippen LogP contribution in [0.15, 0.2) is 40.8 Å². The molecule has 2 aromatic carbocycles. The van der Waals surface area contributed by atoms with Crippen molar-refractivity contribution in [3.05, 3.63) is 63.5 Å². The molecule has 1 saturated heterocycles. The van der Waals surface area contributed by atoms with E-state index in [0.717, 1.165) is 28.8 Å². The fraction of sp³-hybridized carbons (Fsp3) is 0.500. The van der Waals surface area contributed by atoms with E-state index in [-0.39, 0.29) is 30.3 Å². The van der Waals surface area contributed by atoms with Crippen molar-refractivity contribution in [1.29, 1.82) is 0 Å². The zero-order chi connectivity index (χ0) is 29.1. The fourth-order valence-corrected chi connectivity index (χ4v) is 5.40. The molecule has 0 spiro atoms. The van der Waals surface area contributed by atoms with E-state index < -0.39 is 22.4 Å². The number of ether oxygens (including phenoxy) is 1. The number of anilines is 1. The number of nitro groups is 1. The summed E-state index contributed by atoms with van der Waals surface area (Å²) in [6.07, 6.45) is -2.33. The molecule has 5 rings (SSSR count). The number of nitrogens with one attached hydrogen (secondary N) is 1. The van der Waals surface area contributed by atoms with Crippen molar-refractivity contribution in [3.63, 3.8) is 0 Å². The number of amides is 1. The minimum Gasteiger partial charge on any atom is -0.439 e. The second kappa shape index (κ2) is 12.0. The molecule has 0 bridgehead atoms. The van der Waals surface area contributed by atoms with Crippen molar-refractivity contribution >= 4 is 28.4 Å². The molecule has 0 atom stereocenters. The molecule has 1 N–H and O–H groups in total. The van der Waals surface area contributed by atoms with Crippen molar-refractivity contribution in [3.8, 4) is 0 Å². The van der Waals surface area contributed by atoms with Gasteiger partial charge in [-0.15, -0.1) is 0 Å². The first-order chi connectivity index (χ1) is 19.5. The highest BCUT2D eigenvalue weighted by Crippen LogP contribution is 2.38. The van der Waals surface area contributed by atoms with Gasteiger partial charge in [0.05, 0.1) is 17.6 Å². The quantitative estimate of drug-likeness (QED) is 0.290. The number of carbonyl (C=O) groups is 1. The summed E-state index contributed by atoms with van der Waals surface area (Å²) in [4.78, 5) is 31.3. The fourth-order valence-electron chi connectivity index (χ4n) is 5.40. The van der Waals surface area contributed by atoms with Crippen molar-refractivity contribution in [2.24, 2.45) is 0 Å². The van der Waals surface area contributed by atoms with Crippen molar-refractivity contribution in [2.45, 2.75) is 57.5 Å². The number of aromatic nitrogens is 1. The zero-order valence-electron chi connectivity index (χ0n) is 22.7. The summed E-state index contributed by atoms with van der Waals surface area (Å²) in [6.45, 7) is 5.18. The van der Waals surface area contributed by atoms with E-state index in [0.29, 0.717) is 64.3 Å². The molecule has 10 nitrogen and oxygen atoms in total. The normalized spacial score (nSPS) is 20.3. The predicted molar refractivity (Wildman–Crippen MR) is 144 cm³/mol. The minimum absolute atomic E-state index is 0.00939. The first kappa shape index (κ1) is 28.8. The number of rotatable bonds is 8. The second-order valence-electron chi connectivity index (χ2n) is 10.7. The molecule has 2 heterocycles. The van der Waals surface area contributed by atoms with Crippen LogP contribution >= 0.6 is 0 Å². The topological polar surface area (TPSA) is 114 Å². The molecule has 1 aliphatic carbocycles. The van der Waals surface area contributed by atoms with Gasteiger partial charge in [0.2, 0.25) is 11.8 Å². The van der Waals surface area contributed by atoms with Gasteiger partial charge in [-0.2, -0.15) is 13.2 Å². The lowest BCUT2D eigenvalue weighted by Crippen LogP contribution is -2.49. The second-order valence-corrected chi connectivity index (χ2v) is 10.7. The van der Waals surface area contributed by atoms with E-state index in [4.69, 9.17) is 9.15 Å². The van der Waals surface area contributed by atoms with Gasteiger partial charge >= 0.3 is 6.18 Å². The Balaban J connectivity index is 1.03. The summed E-state index contributed by atoms with van der Waals surface area (Å²) in [5.41, 5.74) is 0.685. The number of halogens is 3. The van der Waals surface area contributed by atoms with Gasteiger partial charge in [0.25, 0.3) is 5.69 Å². The summed E-state index contributed by atoms with van der Waals surface area (Å²) < 4.78 is 51.5. The Labute approximate surface area is 234 Å². The molecule has 13 heteroatoms. The van der Waals surface area contributed by atoms with Crippen LogP contribution in [-0.4, -0.2) is 70.5 Å². The Morgan fingerprint density at radius 1 is 1.12 bits per heavy atom. The molecule has 1 saturated carbocycles. The highest BCUT2D eigenvalue weighted by molar-refractivity contribution is 5.77. The Kier molecular flexibility index (Phi) is 8.45. The molecule has 0 radical (unpaired) electrons. The highest BCUT2D eigenvalue weighted by Gasteiger charge is 2.38. The first-order valence-corrected chi connectivity index (χ1v) is 13.6. The van der Waals surface area contributed by atoms with E-state index in [2.05, 4.69) is 15.2 Å². The summed E-state index contributed by atoms with van der Waals surface area (Å²) in [5, 5.41) is 14.0. The third kappa shape index (κ3) is 7.14. The highest BCUT2D eigenvalue weighted by atomic mass is 19.4. The summed E-state index contributed by atoms with van der Waals surface area (Å²) in [5.74, 6) is 0.598. The molecule has 2 fully saturated rings. The maximum absolute atomic E-state index is 13.3. The molecule has 1 amide bonds. The average Bonchev–Trinajstić information content (AvgIpc) is 3.33. The van der Waals surface area contributed by atoms with Gasteiger partial charge in [-0.25, -0.2) is 4.98 Å². The van der Waals surface area contributed by atoms with Crippen LogP contribution in [0.2, 0.25) is 0 Å². The number of hydrogen-bond acceptors (Lipinski definition) is 8. The molecule has 1 aliphatic heterocycles. The van der Waals surface area contributed by atoms with Gasteiger partial charge in [-0.05, 0) is 62.4 Å². The average molecular weight is 576 g/mol. The zero-order valence-corrected chi connectivity index (χ0v) is 22.7. The number of nitrogens with zero attached hydrogens (tertiary/aromatic N) is 4. The Morgan fingerprint density at radius 2 is 1.85 bits per heavy atom. The SMILES string of the molecule is Cc1ccc2oc(CN3CCN(C(=O)COC4CCC(Nc5ccc([N+](=O)[O-])c(C(F)(F)F)c5)CC4)CC3)nc2c1. The standard InChI is InChI=1S/C28H32F3N5O5/c1-18-2-9-25-23(14-18)33-26(41-25)16-34-10-12-35(13-11-34)27(37)17-40-21-6-3-19(4-7-21)32-20-5-8-24(36(38)39)22(15-20)28(29,30)31/h2,5,8-9,14-15,19,21,32H,3-4,6-7,10-13,16-17H2,1H3. The third-order valence-electron chi connectivity index (χ3n) is 7.66. The number of carbonyl (C=O) groups excluding carboxylic acids is 1. The maximum Gasteiger partial charge on any atom is 0.423 e. The maximum atomic E-state index is 13.3. The number of aryl methyl sites for hydroxylation is 1. The first-order valence-electron chi connectivity index (χ1n) is 13.6. The number of benzene rings is 2. The molecular formula is C28H32F3N5O5. The lowest BCUT2D eigenvalue weighted by molar-refractivity contribution is -0.388. The monoisotopic (exact) mass is 575 g/mol. The van der Waals surface area contributed by atoms with Crippen LogP contribution in [0.1, 0.15) is 42.7 Å². The van der Waals surface area contributed by atoms with Gasteiger partial charge in [0, 0.05) is 44.0 Å². The van der Waals surface area contributed by atoms with E-state index in [1.807, 2.05) is 25.1 Å². The van der Waals surface area contributed by atoms with Crippen LogP contribution in [0.25, 0.3) is 11.1 Å². The lowest BCUT2D eigenvalue weighted by atomic mass is 9.92. The van der Waals surface area contributed by atoms with Crippen LogP contribution < -0.4 is 5.32 Å². The van der Waals surface area contributed by atoms with Crippen LogP contribution in [0.3, 0.4) is 0 Å². The summed E-state index contributed by atoms with van der Waals surface area (Å²) in [7, 11) is 0. The largest absolute Gasteiger partial charge is 0.439 e. The van der Waals surface area contributed by atoms with Crippen molar-refractivity contribution in [2.75, 3.05) is 38.1 Å². The third-order valence-corrected chi connectivity index (χ3v) is 7.66. The van der Waals surface area contributed by atoms with Gasteiger partial charge in [0.1, 0.15) is 17.7 Å². The Hall–Kier alpha value is -3.71. The van der Waals surface area contributed by atoms with Gasteiger partial charge in [-0.3, -0.25) is 19.8 Å². The Morgan fingerprint density at radius 3 is 2.54 bits per heavy atom. The van der Waals surface area contributed by atoms with Crippen LogP contribution in [0.4, 0.5) is 24.5 Å². The minimum atomic E-state index is -4.82. The molecule has 1 aromatic heterocycles. The molecule has 3 aromatic rings. The number of hydrogen-bond donors (Lipinski definition) is 1. The van der Waals surface area contributed by atoms with Gasteiger partial charge in [-0.1, -0.05) is 6.07 Å². The number of alkyl halides is 3. The predicted octanol–water partition coefficient (Wildman–Crippen LogP) is 5.15. The van der Waals surface area contributed by atoms with E-state index >= 15 is 0 Å². The number of piperazine rings is 1. The van der Waals surface area contributed by atoms with E-state index in [1.54, 1.807) is 4.90 Å². The van der Waals surface area contributed by atoms with E-state index in [1.165, 1.54) is 6.07 Å². The number of oxazole rings is 1. The van der Waals surface area contributed by atoms with Crippen molar-refractivity contribution < 1.29 is 32.0 Å². The van der Waals surface area contributed by atoms with Gasteiger partial charge < -0.3 is 19.4 Å². The van der Waals surface area contributed by atoms with E-state index in [9.17, 15) is 28.1 Å². The Bertz CT molecular complexity index is 1400. The van der Waals surface area contributed by atoms with Crippen LogP contribution in [0, 0.1) is 17.0 Å².